The minimum Gasteiger partial charge on any atom is -0.445 e. The van der Waals surface area contributed by atoms with Gasteiger partial charge < -0.3 is 9.73 Å². The number of nitrogens with one attached hydrogen (secondary N) is 2. The molecule has 0 bridgehead atoms. The first-order valence-corrected chi connectivity index (χ1v) is 6.06. The van der Waals surface area contributed by atoms with Gasteiger partial charge in [0, 0.05) is 6.54 Å². The van der Waals surface area contributed by atoms with Crippen molar-refractivity contribution >= 4 is 5.91 Å². The zero-order valence-corrected chi connectivity index (χ0v) is 10.7. The molecule has 0 aliphatic carbocycles. The molecular weight excluding hydrogens is 218 g/mol. The van der Waals surface area contributed by atoms with Gasteiger partial charge in [0.1, 0.15) is 5.76 Å². The van der Waals surface area contributed by atoms with Crippen LogP contribution in [0.5, 0.6) is 0 Å². The highest BCUT2D eigenvalue weighted by Gasteiger charge is 2.12. The zero-order valence-electron chi connectivity index (χ0n) is 10.7. The van der Waals surface area contributed by atoms with Gasteiger partial charge >= 0.3 is 0 Å². The van der Waals surface area contributed by atoms with Gasteiger partial charge in [0.15, 0.2) is 0 Å². The zero-order chi connectivity index (χ0) is 12.7. The molecule has 1 atom stereocenters. The summed E-state index contributed by atoms with van der Waals surface area (Å²) < 4.78 is 5.31. The number of aromatic nitrogens is 1. The molecule has 5 heteroatoms. The molecule has 0 fully saturated rings. The summed E-state index contributed by atoms with van der Waals surface area (Å²) in [6, 6.07) is -0.237. The summed E-state index contributed by atoms with van der Waals surface area (Å²) in [4.78, 5) is 15.7. The Morgan fingerprint density at radius 2 is 2.35 bits per heavy atom. The van der Waals surface area contributed by atoms with Gasteiger partial charge in [0.05, 0.1) is 18.8 Å². The van der Waals surface area contributed by atoms with Crippen LogP contribution >= 0.6 is 0 Å². The maximum Gasteiger partial charge on any atom is 0.236 e. The van der Waals surface area contributed by atoms with Gasteiger partial charge in [-0.1, -0.05) is 13.3 Å². The second-order valence-corrected chi connectivity index (χ2v) is 4.11. The van der Waals surface area contributed by atoms with Crippen molar-refractivity contribution in [2.24, 2.45) is 0 Å². The highest BCUT2D eigenvalue weighted by molar-refractivity contribution is 5.81. The number of carbonyl (C=O) groups is 1. The molecular formula is C12H21N3O2. The number of nitrogens with zero attached hydrogens (tertiary/aromatic N) is 1. The molecule has 0 radical (unpaired) electrons. The van der Waals surface area contributed by atoms with Crippen molar-refractivity contribution in [3.8, 4) is 0 Å². The minimum atomic E-state index is -0.237. The van der Waals surface area contributed by atoms with Crippen LogP contribution in [-0.2, 0) is 11.3 Å². The quantitative estimate of drug-likeness (QED) is 0.705. The topological polar surface area (TPSA) is 67.2 Å². The first-order chi connectivity index (χ1) is 8.13. The molecule has 1 heterocycles. The summed E-state index contributed by atoms with van der Waals surface area (Å²) in [5.74, 6) is 1.40. The van der Waals surface area contributed by atoms with Crippen LogP contribution in [0.1, 0.15) is 38.3 Å². The molecule has 1 rings (SSSR count). The van der Waals surface area contributed by atoms with Crippen LogP contribution in [0.3, 0.4) is 0 Å². The Bertz CT molecular complexity index is 349. The van der Waals surface area contributed by atoms with Crippen molar-refractivity contribution in [3.05, 3.63) is 17.8 Å². The van der Waals surface area contributed by atoms with E-state index in [0.29, 0.717) is 12.4 Å². The highest BCUT2D eigenvalue weighted by atomic mass is 16.4. The van der Waals surface area contributed by atoms with E-state index in [1.165, 1.54) is 0 Å². The SMILES string of the molecule is CCCCNC(=O)C(C)NCc1ncc(C)o1. The molecule has 0 saturated carbocycles. The fourth-order valence-electron chi connectivity index (χ4n) is 1.36. The molecule has 0 spiro atoms. The van der Waals surface area contributed by atoms with E-state index >= 15 is 0 Å². The molecule has 5 nitrogen and oxygen atoms in total. The molecule has 17 heavy (non-hydrogen) atoms. The Kier molecular flexibility index (Phi) is 5.69. The normalized spacial score (nSPS) is 12.4. The predicted octanol–water partition coefficient (Wildman–Crippen LogP) is 1.38. The molecule has 0 saturated heterocycles. The number of aryl methyl sites for hydroxylation is 1. The van der Waals surface area contributed by atoms with E-state index in [1.54, 1.807) is 6.20 Å². The average Bonchev–Trinajstić information content (AvgIpc) is 2.72. The molecule has 2 N–H and O–H groups in total. The van der Waals surface area contributed by atoms with Crippen molar-refractivity contribution < 1.29 is 9.21 Å². The molecule has 1 aromatic rings. The van der Waals surface area contributed by atoms with Crippen molar-refractivity contribution in [1.82, 2.24) is 15.6 Å². The molecule has 1 amide bonds. The number of rotatable bonds is 7. The molecule has 1 unspecified atom stereocenters. The maximum absolute atomic E-state index is 11.6. The maximum atomic E-state index is 11.6. The summed E-state index contributed by atoms with van der Waals surface area (Å²) >= 11 is 0. The lowest BCUT2D eigenvalue weighted by Gasteiger charge is -2.12. The van der Waals surface area contributed by atoms with E-state index in [2.05, 4.69) is 22.5 Å². The predicted molar refractivity (Wildman–Crippen MR) is 65.5 cm³/mol. The number of unbranched alkanes of at least 4 members (excludes halogenated alkanes) is 1. The van der Waals surface area contributed by atoms with Crippen molar-refractivity contribution in [1.29, 1.82) is 0 Å². The Balaban J connectivity index is 2.24. The van der Waals surface area contributed by atoms with Crippen LogP contribution in [0.15, 0.2) is 10.6 Å². The minimum absolute atomic E-state index is 0.0155. The van der Waals surface area contributed by atoms with Crippen LogP contribution in [0.2, 0.25) is 0 Å². The number of carbonyl (C=O) groups excluding carboxylic acids is 1. The van der Waals surface area contributed by atoms with Gasteiger partial charge in [0.25, 0.3) is 0 Å². The van der Waals surface area contributed by atoms with E-state index in [1.807, 2.05) is 13.8 Å². The first kappa shape index (κ1) is 13.7. The summed E-state index contributed by atoms with van der Waals surface area (Å²) in [6.07, 6.45) is 3.76. The Morgan fingerprint density at radius 3 is 2.94 bits per heavy atom. The number of oxazole rings is 1. The van der Waals surface area contributed by atoms with Gasteiger partial charge in [0.2, 0.25) is 11.8 Å². The van der Waals surface area contributed by atoms with Crippen molar-refractivity contribution in [2.75, 3.05) is 6.54 Å². The van der Waals surface area contributed by atoms with Gasteiger partial charge in [-0.2, -0.15) is 0 Å². The van der Waals surface area contributed by atoms with Gasteiger partial charge in [-0.15, -0.1) is 0 Å². The molecule has 0 aromatic carbocycles. The van der Waals surface area contributed by atoms with Crippen LogP contribution in [0.4, 0.5) is 0 Å². The third-order valence-corrected chi connectivity index (χ3v) is 2.45. The first-order valence-electron chi connectivity index (χ1n) is 6.06. The average molecular weight is 239 g/mol. The second-order valence-electron chi connectivity index (χ2n) is 4.11. The van der Waals surface area contributed by atoms with Gasteiger partial charge in [-0.25, -0.2) is 4.98 Å². The van der Waals surface area contributed by atoms with E-state index in [-0.39, 0.29) is 11.9 Å². The van der Waals surface area contributed by atoms with Crippen LogP contribution in [0.25, 0.3) is 0 Å². The van der Waals surface area contributed by atoms with Crippen LogP contribution in [0, 0.1) is 6.92 Å². The lowest BCUT2D eigenvalue weighted by molar-refractivity contribution is -0.122. The standard InChI is InChI=1S/C12H21N3O2/c1-4-5-6-13-12(16)10(3)14-8-11-15-7-9(2)17-11/h7,10,14H,4-6,8H2,1-3H3,(H,13,16). The van der Waals surface area contributed by atoms with E-state index in [4.69, 9.17) is 4.42 Å². The third kappa shape index (κ3) is 4.99. The molecule has 1 aromatic heterocycles. The van der Waals surface area contributed by atoms with Crippen molar-refractivity contribution in [2.45, 2.75) is 46.2 Å². The monoisotopic (exact) mass is 239 g/mol. The summed E-state index contributed by atoms with van der Waals surface area (Å²) in [7, 11) is 0. The Morgan fingerprint density at radius 1 is 1.59 bits per heavy atom. The summed E-state index contributed by atoms with van der Waals surface area (Å²) in [6.45, 7) is 6.98. The van der Waals surface area contributed by atoms with Crippen LogP contribution in [-0.4, -0.2) is 23.5 Å². The molecule has 96 valence electrons. The Hall–Kier alpha value is -1.36. The van der Waals surface area contributed by atoms with Gasteiger partial charge in [-0.05, 0) is 20.3 Å². The third-order valence-electron chi connectivity index (χ3n) is 2.45. The van der Waals surface area contributed by atoms with E-state index in [0.717, 1.165) is 25.1 Å². The number of hydrogen-bond donors (Lipinski definition) is 2. The fraction of sp³-hybridized carbons (Fsp3) is 0.667. The fourth-order valence-corrected chi connectivity index (χ4v) is 1.36. The number of amides is 1. The van der Waals surface area contributed by atoms with Crippen molar-refractivity contribution in [3.63, 3.8) is 0 Å². The largest absolute Gasteiger partial charge is 0.445 e. The lowest BCUT2D eigenvalue weighted by atomic mass is 10.3. The second kappa shape index (κ2) is 7.06. The van der Waals surface area contributed by atoms with Gasteiger partial charge in [-0.3, -0.25) is 10.1 Å². The Labute approximate surface area is 102 Å². The van der Waals surface area contributed by atoms with Crippen LogP contribution < -0.4 is 10.6 Å². The van der Waals surface area contributed by atoms with E-state index < -0.39 is 0 Å². The lowest BCUT2D eigenvalue weighted by Crippen LogP contribution is -2.42. The molecule has 0 aliphatic rings. The highest BCUT2D eigenvalue weighted by Crippen LogP contribution is 2.01. The summed E-state index contributed by atoms with van der Waals surface area (Å²) in [5, 5.41) is 5.94. The smallest absolute Gasteiger partial charge is 0.236 e. The van der Waals surface area contributed by atoms with E-state index in [9.17, 15) is 4.79 Å². The molecule has 0 aliphatic heterocycles. The summed E-state index contributed by atoms with van der Waals surface area (Å²) in [5.41, 5.74) is 0. The number of hydrogen-bond acceptors (Lipinski definition) is 4.